The first-order chi connectivity index (χ1) is 33.3. The van der Waals surface area contributed by atoms with Gasteiger partial charge in [-0.05, 0) is 82.6 Å². The molecule has 16 nitrogen and oxygen atoms in total. The molecule has 0 spiro atoms. The summed E-state index contributed by atoms with van der Waals surface area (Å²) in [6.45, 7) is 7.54. The van der Waals surface area contributed by atoms with Gasteiger partial charge in [-0.25, -0.2) is 13.6 Å². The molecule has 3 amide bonds. The lowest BCUT2D eigenvalue weighted by Gasteiger charge is -2.28. The van der Waals surface area contributed by atoms with Gasteiger partial charge < -0.3 is 45.3 Å². The largest absolute Gasteiger partial charge is 0.444 e. The number of carbonyl (C=O) groups is 3. The van der Waals surface area contributed by atoms with Crippen molar-refractivity contribution in [2.45, 2.75) is 102 Å². The smallest absolute Gasteiger partial charge is 0.407 e. The second kappa shape index (κ2) is 25.1. The van der Waals surface area contributed by atoms with Crippen LogP contribution in [0, 0.1) is 11.6 Å². The van der Waals surface area contributed by atoms with Crippen LogP contribution in [0.25, 0.3) is 22.8 Å². The Morgan fingerprint density at radius 2 is 1.13 bits per heavy atom. The topological polar surface area (TPSA) is 207 Å². The van der Waals surface area contributed by atoms with Crippen molar-refractivity contribution in [3.05, 3.63) is 132 Å². The summed E-state index contributed by atoms with van der Waals surface area (Å²) in [6.07, 6.45) is 3.55. The lowest BCUT2D eigenvalue weighted by molar-refractivity contribution is -0.133. The summed E-state index contributed by atoms with van der Waals surface area (Å²) < 4.78 is 44.2. The number of hydrogen-bond acceptors (Lipinski definition) is 13. The molecule has 5 N–H and O–H groups in total. The minimum Gasteiger partial charge on any atom is -0.444 e. The molecule has 2 aromatic heterocycles. The highest BCUT2D eigenvalue weighted by atomic mass is 35.5. The van der Waals surface area contributed by atoms with Crippen molar-refractivity contribution in [1.82, 2.24) is 35.4 Å². The van der Waals surface area contributed by atoms with Crippen LogP contribution in [0.5, 0.6) is 0 Å². The van der Waals surface area contributed by atoms with Crippen LogP contribution < -0.4 is 21.7 Å². The number of likely N-dealkylation sites (tertiary alicyclic amines) is 2. The number of anilines is 2. The minimum atomic E-state index is -0.697. The Hall–Kier alpha value is -6.92. The first-order valence-corrected chi connectivity index (χ1v) is 23.3. The molecule has 0 bridgehead atoms. The molecule has 4 aromatic carbocycles. The number of halogens is 3. The molecule has 2 aliphatic rings. The molecule has 0 aliphatic carbocycles. The zero-order valence-corrected chi connectivity index (χ0v) is 40.4. The normalized spacial score (nSPS) is 16.3. The van der Waals surface area contributed by atoms with Gasteiger partial charge in [0.2, 0.25) is 23.5 Å². The highest BCUT2D eigenvalue weighted by Gasteiger charge is 2.32. The molecule has 0 radical (unpaired) electrons. The molecule has 0 saturated carbocycles. The van der Waals surface area contributed by atoms with Crippen LogP contribution in [0.4, 0.5) is 25.6 Å². The van der Waals surface area contributed by atoms with Crippen molar-refractivity contribution >= 4 is 42.3 Å². The van der Waals surface area contributed by atoms with Crippen LogP contribution in [0.3, 0.4) is 0 Å². The standard InChI is InChI=1S/C28H34FN5O4.C23H26FN5O2.ClH/c1-28(2,3)37-27(36)31-21(16-20-12-7-8-14-23(20)29)17-24(35)34-15-9-13-22(34)18-30-26-32-25(33-38-26)19-10-5-4-6-11-19;24-20-11-5-4-9-17(20)13-18(25)14-21(30)29-12-6-10-19(29)15-26-23-27-22(28-31-23)16-7-2-1-3-8-16;/h4-8,10-12,14,21-22H,9,13,15-18H2,1-3H3,(H,31,36)(H,30,32,33);1-5,7-9,11,18-19H,6,10,12-15,25H2,(H,26,27,28);1H/t21-,22?;18-,19?;/m11./s1. The van der Waals surface area contributed by atoms with Crippen LogP contribution in [-0.2, 0) is 27.2 Å². The van der Waals surface area contributed by atoms with E-state index in [0.29, 0.717) is 61.4 Å². The molecule has 6 aromatic rings. The Balaban J connectivity index is 0.000000231. The van der Waals surface area contributed by atoms with E-state index in [1.165, 1.54) is 12.1 Å². The predicted octanol–water partition coefficient (Wildman–Crippen LogP) is 8.47. The van der Waals surface area contributed by atoms with E-state index in [0.717, 1.165) is 36.8 Å². The van der Waals surface area contributed by atoms with E-state index in [1.54, 1.807) is 62.1 Å². The summed E-state index contributed by atoms with van der Waals surface area (Å²) in [4.78, 5) is 51.1. The van der Waals surface area contributed by atoms with Gasteiger partial charge in [-0.15, -0.1) is 12.4 Å². The maximum Gasteiger partial charge on any atom is 0.407 e. The van der Waals surface area contributed by atoms with E-state index in [2.05, 4.69) is 36.2 Å². The first kappa shape index (κ1) is 52.5. The third kappa shape index (κ3) is 15.3. The number of aromatic nitrogens is 4. The summed E-state index contributed by atoms with van der Waals surface area (Å²) in [7, 11) is 0. The molecule has 2 unspecified atom stereocenters. The van der Waals surface area contributed by atoms with Gasteiger partial charge in [-0.3, -0.25) is 9.59 Å². The van der Waals surface area contributed by atoms with Gasteiger partial charge in [-0.1, -0.05) is 107 Å². The highest BCUT2D eigenvalue weighted by molar-refractivity contribution is 5.85. The van der Waals surface area contributed by atoms with Crippen LogP contribution in [0.2, 0.25) is 0 Å². The number of nitrogens with one attached hydrogen (secondary N) is 3. The molecule has 4 heterocycles. The second-order valence-electron chi connectivity index (χ2n) is 18.2. The number of amides is 3. The zero-order chi connectivity index (χ0) is 48.8. The van der Waals surface area contributed by atoms with Crippen molar-refractivity contribution in [2.24, 2.45) is 5.73 Å². The lowest BCUT2D eigenvalue weighted by atomic mass is 10.0. The average molecular weight is 984 g/mol. The molecular formula is C51H61ClF2N10O6. The van der Waals surface area contributed by atoms with Crippen molar-refractivity contribution < 1.29 is 36.9 Å². The SMILES string of the molecule is CC(C)(C)OC(=O)N[C@@H](CC(=O)N1CCCC1CNc1nc(-c2ccccc2)no1)Cc1ccccc1F.Cl.N[C@@H](CC(=O)N1CCCC1CNc1nc(-c2ccccc2)no1)Cc1ccccc1F. The number of hydrogen-bond donors (Lipinski definition) is 4. The van der Waals surface area contributed by atoms with Crippen LogP contribution in [0.1, 0.15) is 70.4 Å². The number of rotatable bonds is 17. The fourth-order valence-electron chi connectivity index (χ4n) is 8.43. The Labute approximate surface area is 412 Å². The van der Waals surface area contributed by atoms with Gasteiger partial charge in [0.25, 0.3) is 0 Å². The van der Waals surface area contributed by atoms with E-state index < -0.39 is 23.8 Å². The van der Waals surface area contributed by atoms with Crippen molar-refractivity contribution in [3.63, 3.8) is 0 Å². The van der Waals surface area contributed by atoms with E-state index in [-0.39, 0.29) is 73.2 Å². The van der Waals surface area contributed by atoms with Crippen LogP contribution in [-0.4, -0.2) is 104 Å². The third-order valence-electron chi connectivity index (χ3n) is 11.7. The van der Waals surface area contributed by atoms with Crippen molar-refractivity contribution in [1.29, 1.82) is 0 Å². The van der Waals surface area contributed by atoms with E-state index in [4.69, 9.17) is 19.5 Å². The molecule has 4 atom stereocenters. The van der Waals surface area contributed by atoms with Gasteiger partial charge in [-0.2, -0.15) is 9.97 Å². The number of carbonyl (C=O) groups excluding carboxylic acids is 3. The zero-order valence-electron chi connectivity index (χ0n) is 39.6. The predicted molar refractivity (Wildman–Crippen MR) is 264 cm³/mol. The number of ether oxygens (including phenoxy) is 1. The van der Waals surface area contributed by atoms with Crippen LogP contribution >= 0.6 is 12.4 Å². The Kier molecular flexibility index (Phi) is 18.8. The second-order valence-corrected chi connectivity index (χ2v) is 18.2. The summed E-state index contributed by atoms with van der Waals surface area (Å²) in [5, 5.41) is 17.1. The van der Waals surface area contributed by atoms with Crippen molar-refractivity contribution in [3.8, 4) is 22.8 Å². The Bertz CT molecular complexity index is 2600. The maximum atomic E-state index is 14.4. The van der Waals surface area contributed by atoms with Gasteiger partial charge in [0.05, 0.1) is 0 Å². The Morgan fingerprint density at radius 3 is 1.60 bits per heavy atom. The molecule has 2 aliphatic heterocycles. The summed E-state index contributed by atoms with van der Waals surface area (Å²) >= 11 is 0. The molecule has 8 rings (SSSR count). The molecular weight excluding hydrogens is 922 g/mol. The fraction of sp³-hybridized carbons (Fsp3) is 0.392. The lowest BCUT2D eigenvalue weighted by Crippen LogP contribution is -2.46. The van der Waals surface area contributed by atoms with Crippen molar-refractivity contribution in [2.75, 3.05) is 36.8 Å². The summed E-state index contributed by atoms with van der Waals surface area (Å²) in [6, 6.07) is 31.5. The van der Waals surface area contributed by atoms with E-state index in [9.17, 15) is 23.2 Å². The van der Waals surface area contributed by atoms with Crippen LogP contribution in [0.15, 0.2) is 118 Å². The minimum absolute atomic E-state index is 0. The molecule has 2 saturated heterocycles. The average Bonchev–Trinajstić information content (AvgIpc) is 4.18. The highest BCUT2D eigenvalue weighted by Crippen LogP contribution is 2.24. The van der Waals surface area contributed by atoms with Gasteiger partial charge in [0.1, 0.15) is 17.2 Å². The van der Waals surface area contributed by atoms with Gasteiger partial charge in [0.15, 0.2) is 0 Å². The third-order valence-corrected chi connectivity index (χ3v) is 11.7. The molecule has 19 heteroatoms. The maximum absolute atomic E-state index is 14.4. The summed E-state index contributed by atoms with van der Waals surface area (Å²) in [5.41, 5.74) is 8.13. The fourth-order valence-corrected chi connectivity index (χ4v) is 8.43. The monoisotopic (exact) mass is 982 g/mol. The van der Waals surface area contributed by atoms with Gasteiger partial charge >= 0.3 is 18.1 Å². The van der Waals surface area contributed by atoms with Gasteiger partial charge in [0, 0.05) is 74.3 Å². The first-order valence-electron chi connectivity index (χ1n) is 23.3. The molecule has 70 heavy (non-hydrogen) atoms. The molecule has 372 valence electrons. The molecule has 2 fully saturated rings. The van der Waals surface area contributed by atoms with E-state index in [1.807, 2.05) is 65.6 Å². The van der Waals surface area contributed by atoms with E-state index >= 15 is 0 Å². The number of nitrogens with two attached hydrogens (primary N) is 1. The summed E-state index contributed by atoms with van der Waals surface area (Å²) in [5.74, 6) is 0.195. The quantitative estimate of drug-likeness (QED) is 0.0678. The number of benzene rings is 4. The number of alkyl carbamates (subject to hydrolysis) is 1. The Morgan fingerprint density at radius 1 is 0.686 bits per heavy atom. The number of nitrogens with zero attached hydrogens (tertiary/aromatic N) is 6.